The maximum absolute atomic E-state index is 12.7. The molecule has 0 fully saturated rings. The Morgan fingerprint density at radius 3 is 1.95 bits per heavy atom. The lowest BCUT2D eigenvalue weighted by atomic mass is 10.0. The van der Waals surface area contributed by atoms with E-state index in [2.05, 4.69) is 15.5 Å². The second kappa shape index (κ2) is 5.55. The van der Waals surface area contributed by atoms with E-state index in [-0.39, 0.29) is 11.2 Å². The van der Waals surface area contributed by atoms with Crippen LogP contribution in [0.25, 0.3) is 0 Å². The molecule has 118 valence electrons. The molecule has 1 heterocycles. The van der Waals surface area contributed by atoms with Crippen LogP contribution in [0.2, 0.25) is 0 Å². The molecule has 0 aliphatic rings. The number of benzene rings is 1. The van der Waals surface area contributed by atoms with Gasteiger partial charge in [-0.1, -0.05) is 11.3 Å². The quantitative estimate of drug-likeness (QED) is 0.845. The smallest absolute Gasteiger partial charge is 0.296 e. The number of rotatable bonds is 2. The Kier molecular flexibility index (Phi) is 4.09. The minimum absolute atomic E-state index is 0.0454. The molecule has 1 N–H and O–H groups in total. The van der Waals surface area contributed by atoms with Crippen molar-refractivity contribution in [1.82, 2.24) is 10.2 Å². The van der Waals surface area contributed by atoms with Gasteiger partial charge in [0.2, 0.25) is 5.13 Å². The molecular formula is C11H5F6N3OS. The number of hydrogen-bond donors (Lipinski definition) is 1. The van der Waals surface area contributed by atoms with Crippen molar-refractivity contribution in [2.24, 2.45) is 0 Å². The van der Waals surface area contributed by atoms with Gasteiger partial charge in [-0.15, -0.1) is 10.2 Å². The molecule has 1 amide bonds. The highest BCUT2D eigenvalue weighted by molar-refractivity contribution is 7.13. The van der Waals surface area contributed by atoms with Gasteiger partial charge in [0, 0.05) is 5.56 Å². The zero-order valence-electron chi connectivity index (χ0n) is 10.3. The average molecular weight is 341 g/mol. The summed E-state index contributed by atoms with van der Waals surface area (Å²) in [5.74, 6) is -1.15. The number of hydrogen-bond acceptors (Lipinski definition) is 4. The fourth-order valence-corrected chi connectivity index (χ4v) is 1.92. The van der Waals surface area contributed by atoms with Crippen LogP contribution < -0.4 is 5.32 Å². The molecule has 2 rings (SSSR count). The summed E-state index contributed by atoms with van der Waals surface area (Å²) in [6, 6.07) is 0.624. The SMILES string of the molecule is O=C(Nc1nncs1)c1cc(C(F)(F)F)cc(C(F)(F)F)c1. The Morgan fingerprint density at radius 2 is 1.55 bits per heavy atom. The summed E-state index contributed by atoms with van der Waals surface area (Å²) in [6.45, 7) is 0. The van der Waals surface area contributed by atoms with Gasteiger partial charge in [0.25, 0.3) is 5.91 Å². The molecule has 2 aromatic rings. The number of alkyl halides is 6. The Balaban J connectivity index is 2.44. The van der Waals surface area contributed by atoms with Gasteiger partial charge in [-0.2, -0.15) is 26.3 Å². The Labute approximate surface area is 122 Å². The predicted molar refractivity (Wildman–Crippen MR) is 64.3 cm³/mol. The van der Waals surface area contributed by atoms with Gasteiger partial charge in [0.1, 0.15) is 5.51 Å². The van der Waals surface area contributed by atoms with Gasteiger partial charge >= 0.3 is 12.4 Å². The number of aromatic nitrogens is 2. The molecule has 0 radical (unpaired) electrons. The Bertz CT molecular complexity index is 648. The molecule has 0 saturated carbocycles. The van der Waals surface area contributed by atoms with Crippen molar-refractivity contribution in [2.45, 2.75) is 12.4 Å². The highest BCUT2D eigenvalue weighted by atomic mass is 32.1. The highest BCUT2D eigenvalue weighted by Gasteiger charge is 2.37. The van der Waals surface area contributed by atoms with Crippen LogP contribution in [0.15, 0.2) is 23.7 Å². The van der Waals surface area contributed by atoms with Crippen molar-refractivity contribution < 1.29 is 31.1 Å². The second-order valence-corrected chi connectivity index (χ2v) is 4.83. The molecule has 0 spiro atoms. The summed E-state index contributed by atoms with van der Waals surface area (Å²) in [5, 5.41) is 8.81. The van der Waals surface area contributed by atoms with Crippen molar-refractivity contribution in [3.05, 3.63) is 40.4 Å². The third kappa shape index (κ3) is 3.72. The summed E-state index contributed by atoms with van der Waals surface area (Å²) in [7, 11) is 0. The van der Waals surface area contributed by atoms with Crippen molar-refractivity contribution in [1.29, 1.82) is 0 Å². The Morgan fingerprint density at radius 1 is 1.00 bits per heavy atom. The largest absolute Gasteiger partial charge is 0.416 e. The van der Waals surface area contributed by atoms with Gasteiger partial charge in [-0.25, -0.2) is 0 Å². The lowest BCUT2D eigenvalue weighted by Crippen LogP contribution is -2.17. The number of carbonyl (C=O) groups excluding carboxylic acids is 1. The first-order valence-corrected chi connectivity index (χ1v) is 6.32. The molecule has 0 aliphatic heterocycles. The van der Waals surface area contributed by atoms with Crippen LogP contribution in [0.5, 0.6) is 0 Å². The van der Waals surface area contributed by atoms with E-state index >= 15 is 0 Å². The van der Waals surface area contributed by atoms with E-state index in [0.717, 1.165) is 11.3 Å². The zero-order valence-corrected chi connectivity index (χ0v) is 11.1. The standard InChI is InChI=1S/C11H5F6N3OS/c12-10(13,14)6-1-5(2-7(3-6)11(15,16)17)8(21)19-9-20-18-4-22-9/h1-4H,(H,19,20,21). The molecule has 1 aromatic heterocycles. The van der Waals surface area contributed by atoms with Crippen LogP contribution >= 0.6 is 11.3 Å². The number of anilines is 1. The number of amides is 1. The molecule has 0 saturated heterocycles. The van der Waals surface area contributed by atoms with Crippen LogP contribution in [0.1, 0.15) is 21.5 Å². The summed E-state index contributed by atoms with van der Waals surface area (Å²) >= 11 is 0.867. The molecule has 0 aliphatic carbocycles. The lowest BCUT2D eigenvalue weighted by Gasteiger charge is -2.13. The molecule has 0 atom stereocenters. The van der Waals surface area contributed by atoms with Crippen LogP contribution in [-0.4, -0.2) is 16.1 Å². The van der Waals surface area contributed by atoms with E-state index in [0.29, 0.717) is 12.1 Å². The van der Waals surface area contributed by atoms with E-state index in [1.54, 1.807) is 0 Å². The molecule has 22 heavy (non-hydrogen) atoms. The monoisotopic (exact) mass is 341 g/mol. The minimum Gasteiger partial charge on any atom is -0.296 e. The normalized spacial score (nSPS) is 12.3. The van der Waals surface area contributed by atoms with Gasteiger partial charge < -0.3 is 0 Å². The van der Waals surface area contributed by atoms with Crippen LogP contribution in [0, 0.1) is 0 Å². The van der Waals surface area contributed by atoms with Gasteiger partial charge in [0.15, 0.2) is 0 Å². The zero-order chi connectivity index (χ0) is 16.5. The third-order valence-electron chi connectivity index (χ3n) is 2.43. The number of nitrogens with zero attached hydrogens (tertiary/aromatic N) is 2. The van der Waals surface area contributed by atoms with E-state index in [9.17, 15) is 31.1 Å². The predicted octanol–water partition coefficient (Wildman–Crippen LogP) is 3.83. The van der Waals surface area contributed by atoms with Gasteiger partial charge in [-0.05, 0) is 18.2 Å². The summed E-state index contributed by atoms with van der Waals surface area (Å²) in [4.78, 5) is 11.8. The fourth-order valence-electron chi connectivity index (χ4n) is 1.48. The van der Waals surface area contributed by atoms with E-state index in [4.69, 9.17) is 0 Å². The number of halogens is 6. The maximum atomic E-state index is 12.7. The van der Waals surface area contributed by atoms with E-state index < -0.39 is 35.0 Å². The lowest BCUT2D eigenvalue weighted by molar-refractivity contribution is -0.143. The first-order valence-electron chi connectivity index (χ1n) is 5.44. The Hall–Kier alpha value is -2.17. The molecule has 0 bridgehead atoms. The summed E-state index contributed by atoms with van der Waals surface area (Å²) < 4.78 is 75.9. The van der Waals surface area contributed by atoms with Crippen LogP contribution in [-0.2, 0) is 12.4 Å². The molecule has 4 nitrogen and oxygen atoms in total. The summed E-state index contributed by atoms with van der Waals surface area (Å²) in [5.41, 5.74) is -2.67. The number of nitrogens with one attached hydrogen (secondary N) is 1. The highest BCUT2D eigenvalue weighted by Crippen LogP contribution is 2.36. The fraction of sp³-hybridized carbons (Fsp3) is 0.182. The third-order valence-corrected chi connectivity index (χ3v) is 3.04. The molecule has 11 heteroatoms. The van der Waals surface area contributed by atoms with Crippen LogP contribution in [0.3, 0.4) is 0 Å². The van der Waals surface area contributed by atoms with E-state index in [1.807, 2.05) is 0 Å². The second-order valence-electron chi connectivity index (χ2n) is 3.99. The van der Waals surface area contributed by atoms with Crippen molar-refractivity contribution >= 4 is 22.4 Å². The van der Waals surface area contributed by atoms with Crippen molar-refractivity contribution in [2.75, 3.05) is 5.32 Å². The minimum atomic E-state index is -5.01. The molecule has 0 unspecified atom stereocenters. The van der Waals surface area contributed by atoms with Crippen molar-refractivity contribution in [3.8, 4) is 0 Å². The number of carbonyl (C=O) groups is 1. The van der Waals surface area contributed by atoms with Gasteiger partial charge in [-0.3, -0.25) is 10.1 Å². The molecular weight excluding hydrogens is 336 g/mol. The average Bonchev–Trinajstić information content (AvgIpc) is 2.89. The maximum Gasteiger partial charge on any atom is 0.416 e. The first-order chi connectivity index (χ1) is 10.1. The first kappa shape index (κ1) is 16.2. The van der Waals surface area contributed by atoms with E-state index in [1.165, 1.54) is 5.51 Å². The van der Waals surface area contributed by atoms with Gasteiger partial charge in [0.05, 0.1) is 11.1 Å². The van der Waals surface area contributed by atoms with Crippen molar-refractivity contribution in [3.63, 3.8) is 0 Å². The molecule has 1 aromatic carbocycles. The topological polar surface area (TPSA) is 54.9 Å². The van der Waals surface area contributed by atoms with Crippen LogP contribution in [0.4, 0.5) is 31.5 Å². The summed E-state index contributed by atoms with van der Waals surface area (Å²) in [6.07, 6.45) is -10.0.